The summed E-state index contributed by atoms with van der Waals surface area (Å²) in [5.74, 6) is -0.318. The highest BCUT2D eigenvalue weighted by Gasteiger charge is 2.03. The fourth-order valence-electron chi connectivity index (χ4n) is 2.11. The zero-order chi connectivity index (χ0) is 18.6. The van der Waals surface area contributed by atoms with Crippen molar-refractivity contribution in [3.05, 3.63) is 0 Å². The quantitative estimate of drug-likeness (QED) is 0.274. The van der Waals surface area contributed by atoms with E-state index in [1.54, 1.807) is 0 Å². The molecule has 0 heterocycles. The Morgan fingerprint density at radius 2 is 0.960 bits per heavy atom. The number of carbonyl (C=O) groups is 2. The Bertz CT molecular complexity index is 319. The van der Waals surface area contributed by atoms with Crippen molar-refractivity contribution in [1.82, 2.24) is 0 Å². The van der Waals surface area contributed by atoms with E-state index in [2.05, 4.69) is 13.8 Å². The van der Waals surface area contributed by atoms with E-state index >= 15 is 0 Å². The van der Waals surface area contributed by atoms with Crippen molar-refractivity contribution in [2.45, 2.75) is 71.6 Å². The Balaban J connectivity index is 3.20. The molecular formula is C19H36O6. The van der Waals surface area contributed by atoms with Gasteiger partial charge in [-0.25, -0.2) is 0 Å². The van der Waals surface area contributed by atoms with Gasteiger partial charge in [0.05, 0.1) is 26.4 Å². The lowest BCUT2D eigenvalue weighted by Crippen LogP contribution is -2.15. The summed E-state index contributed by atoms with van der Waals surface area (Å²) in [5.41, 5.74) is 0. The van der Waals surface area contributed by atoms with Crippen molar-refractivity contribution in [3.8, 4) is 0 Å². The molecular weight excluding hydrogens is 324 g/mol. The molecule has 0 unspecified atom stereocenters. The van der Waals surface area contributed by atoms with Gasteiger partial charge >= 0.3 is 11.9 Å². The van der Waals surface area contributed by atoms with Gasteiger partial charge in [0.25, 0.3) is 0 Å². The summed E-state index contributed by atoms with van der Waals surface area (Å²) in [4.78, 5) is 22.7. The summed E-state index contributed by atoms with van der Waals surface area (Å²) in [6.07, 6.45) is 8.28. The minimum absolute atomic E-state index is 0.156. The van der Waals surface area contributed by atoms with Gasteiger partial charge in [0.2, 0.25) is 0 Å². The normalized spacial score (nSPS) is 10.6. The molecule has 25 heavy (non-hydrogen) atoms. The number of carbonyl (C=O) groups excluding carboxylic acids is 2. The maximum absolute atomic E-state index is 11.4. The van der Waals surface area contributed by atoms with E-state index in [-0.39, 0.29) is 25.2 Å². The lowest BCUT2D eigenvalue weighted by molar-refractivity contribution is -0.147. The maximum atomic E-state index is 11.4. The van der Waals surface area contributed by atoms with Crippen LogP contribution >= 0.6 is 0 Å². The summed E-state index contributed by atoms with van der Waals surface area (Å²) in [5, 5.41) is 0. The molecule has 0 saturated heterocycles. The number of ether oxygens (including phenoxy) is 4. The number of esters is 2. The zero-order valence-corrected chi connectivity index (χ0v) is 16.1. The SMILES string of the molecule is CCCCCCC(=O)OCCOCCOCCOC(=O)CCCCC. The molecule has 0 aromatic carbocycles. The molecule has 0 aliphatic rings. The minimum Gasteiger partial charge on any atom is -0.463 e. The minimum atomic E-state index is -0.162. The molecule has 6 nitrogen and oxygen atoms in total. The molecule has 0 saturated carbocycles. The predicted molar refractivity (Wildman–Crippen MR) is 96.5 cm³/mol. The lowest BCUT2D eigenvalue weighted by atomic mass is 10.2. The van der Waals surface area contributed by atoms with Crippen LogP contribution in [0.2, 0.25) is 0 Å². The molecule has 0 fully saturated rings. The molecule has 0 rings (SSSR count). The van der Waals surface area contributed by atoms with Crippen LogP contribution in [0.3, 0.4) is 0 Å². The van der Waals surface area contributed by atoms with Gasteiger partial charge in [0, 0.05) is 12.8 Å². The van der Waals surface area contributed by atoms with Crippen LogP contribution in [0.5, 0.6) is 0 Å². The third-order valence-electron chi connectivity index (χ3n) is 3.57. The van der Waals surface area contributed by atoms with Crippen molar-refractivity contribution in [2.75, 3.05) is 39.6 Å². The molecule has 0 aromatic heterocycles. The first-order valence-electron chi connectivity index (χ1n) is 9.67. The molecule has 0 radical (unpaired) electrons. The molecule has 0 aliphatic heterocycles. The van der Waals surface area contributed by atoms with Crippen LogP contribution in [0.15, 0.2) is 0 Å². The highest BCUT2D eigenvalue weighted by atomic mass is 16.6. The molecule has 0 spiro atoms. The Morgan fingerprint density at radius 3 is 1.44 bits per heavy atom. The third kappa shape index (κ3) is 19.0. The third-order valence-corrected chi connectivity index (χ3v) is 3.57. The van der Waals surface area contributed by atoms with Gasteiger partial charge in [0.1, 0.15) is 13.2 Å². The van der Waals surface area contributed by atoms with Crippen molar-refractivity contribution < 1.29 is 28.5 Å². The van der Waals surface area contributed by atoms with Gasteiger partial charge in [-0.2, -0.15) is 0 Å². The monoisotopic (exact) mass is 360 g/mol. The van der Waals surface area contributed by atoms with Crippen molar-refractivity contribution in [1.29, 1.82) is 0 Å². The van der Waals surface area contributed by atoms with Crippen LogP contribution in [0.1, 0.15) is 71.6 Å². The van der Waals surface area contributed by atoms with E-state index in [4.69, 9.17) is 18.9 Å². The second-order valence-corrected chi connectivity index (χ2v) is 5.93. The smallest absolute Gasteiger partial charge is 0.305 e. The Morgan fingerprint density at radius 1 is 0.560 bits per heavy atom. The predicted octanol–water partition coefficient (Wildman–Crippen LogP) is 3.66. The summed E-state index contributed by atoms with van der Waals surface area (Å²) < 4.78 is 20.7. The molecule has 0 N–H and O–H groups in total. The summed E-state index contributed by atoms with van der Waals surface area (Å²) >= 11 is 0. The largest absolute Gasteiger partial charge is 0.463 e. The summed E-state index contributed by atoms with van der Waals surface area (Å²) in [7, 11) is 0. The van der Waals surface area contributed by atoms with Crippen molar-refractivity contribution >= 4 is 11.9 Å². The van der Waals surface area contributed by atoms with Gasteiger partial charge in [0.15, 0.2) is 0 Å². The number of unbranched alkanes of at least 4 members (excludes halogenated alkanes) is 5. The van der Waals surface area contributed by atoms with E-state index < -0.39 is 0 Å². The lowest BCUT2D eigenvalue weighted by Gasteiger charge is -2.08. The second kappa shape index (κ2) is 19.2. The fourth-order valence-corrected chi connectivity index (χ4v) is 2.11. The maximum Gasteiger partial charge on any atom is 0.305 e. The van der Waals surface area contributed by atoms with E-state index in [9.17, 15) is 9.59 Å². The van der Waals surface area contributed by atoms with Gasteiger partial charge < -0.3 is 18.9 Å². The van der Waals surface area contributed by atoms with E-state index in [0.717, 1.165) is 44.9 Å². The van der Waals surface area contributed by atoms with Gasteiger partial charge in [-0.3, -0.25) is 9.59 Å². The van der Waals surface area contributed by atoms with E-state index in [0.29, 0.717) is 39.3 Å². The molecule has 0 atom stereocenters. The summed E-state index contributed by atoms with van der Waals surface area (Å²) in [6, 6.07) is 0. The molecule has 0 aromatic rings. The van der Waals surface area contributed by atoms with Crippen LogP contribution in [0.25, 0.3) is 0 Å². The first-order chi connectivity index (χ1) is 12.2. The molecule has 6 heteroatoms. The van der Waals surface area contributed by atoms with Crippen LogP contribution in [-0.4, -0.2) is 51.6 Å². The van der Waals surface area contributed by atoms with Crippen LogP contribution in [0.4, 0.5) is 0 Å². The Hall–Kier alpha value is -1.14. The highest BCUT2D eigenvalue weighted by Crippen LogP contribution is 2.03. The van der Waals surface area contributed by atoms with E-state index in [1.807, 2.05) is 0 Å². The van der Waals surface area contributed by atoms with Gasteiger partial charge in [-0.15, -0.1) is 0 Å². The first kappa shape index (κ1) is 23.9. The average Bonchev–Trinajstić information content (AvgIpc) is 2.60. The average molecular weight is 360 g/mol. The highest BCUT2D eigenvalue weighted by molar-refractivity contribution is 5.69. The number of rotatable bonds is 18. The van der Waals surface area contributed by atoms with Crippen LogP contribution in [-0.2, 0) is 28.5 Å². The fraction of sp³-hybridized carbons (Fsp3) is 0.895. The van der Waals surface area contributed by atoms with Gasteiger partial charge in [-0.1, -0.05) is 46.0 Å². The number of hydrogen-bond donors (Lipinski definition) is 0. The first-order valence-corrected chi connectivity index (χ1v) is 9.67. The van der Waals surface area contributed by atoms with Crippen LogP contribution < -0.4 is 0 Å². The summed E-state index contributed by atoms with van der Waals surface area (Å²) in [6.45, 7) is 6.39. The van der Waals surface area contributed by atoms with E-state index in [1.165, 1.54) is 0 Å². The molecule has 0 aliphatic carbocycles. The number of hydrogen-bond acceptors (Lipinski definition) is 6. The molecule has 0 bridgehead atoms. The Kier molecular flexibility index (Phi) is 18.3. The Labute approximate surface area is 152 Å². The second-order valence-electron chi connectivity index (χ2n) is 5.93. The molecule has 148 valence electrons. The topological polar surface area (TPSA) is 71.1 Å². The van der Waals surface area contributed by atoms with Crippen molar-refractivity contribution in [2.24, 2.45) is 0 Å². The molecule has 0 amide bonds. The standard InChI is InChI=1S/C19H36O6/c1-3-5-7-9-11-19(21)25-17-15-23-13-12-22-14-16-24-18(20)10-8-6-4-2/h3-17H2,1-2H3. The van der Waals surface area contributed by atoms with Crippen LogP contribution in [0, 0.1) is 0 Å². The van der Waals surface area contributed by atoms with Gasteiger partial charge in [-0.05, 0) is 12.8 Å². The van der Waals surface area contributed by atoms with Crippen molar-refractivity contribution in [3.63, 3.8) is 0 Å². The zero-order valence-electron chi connectivity index (χ0n) is 16.1.